The van der Waals surface area contributed by atoms with Crippen LogP contribution in [-0.2, 0) is 0 Å². The van der Waals surface area contributed by atoms with Crippen molar-refractivity contribution in [3.63, 3.8) is 0 Å². The first-order chi connectivity index (χ1) is 4.35. The first-order valence-corrected chi connectivity index (χ1v) is 3.17. The van der Waals surface area contributed by atoms with Gasteiger partial charge in [0.1, 0.15) is 0 Å². The molecule has 6 N–H and O–H groups in total. The maximum absolute atomic E-state index is 8.51. The van der Waals surface area contributed by atoms with Crippen LogP contribution in [0.15, 0.2) is 0 Å². The minimum atomic E-state index is -0.0443. The second-order valence-corrected chi connectivity index (χ2v) is 2.10. The molecule has 10 heavy (non-hydrogen) atoms. The fourth-order valence-corrected chi connectivity index (χ4v) is 0.620. The molecule has 0 heterocycles. The standard InChI is InChI=1S/C6H14O3.H3N/c7-3-1-2-6(4-8)5-9;/h6-9H,1-5H2;1H3. The van der Waals surface area contributed by atoms with Gasteiger partial charge in [-0.05, 0) is 12.8 Å². The predicted octanol–water partition coefficient (Wildman–Crippen LogP) is -0.478. The second kappa shape index (κ2) is 8.84. The van der Waals surface area contributed by atoms with Gasteiger partial charge in [-0.15, -0.1) is 0 Å². The first-order valence-electron chi connectivity index (χ1n) is 3.17. The molecule has 0 radical (unpaired) electrons. The monoisotopic (exact) mass is 151 g/mol. The molecule has 4 nitrogen and oxygen atoms in total. The molecule has 64 valence electrons. The van der Waals surface area contributed by atoms with Crippen LogP contribution in [0.5, 0.6) is 0 Å². The Balaban J connectivity index is 0. The van der Waals surface area contributed by atoms with Crippen molar-refractivity contribution in [1.29, 1.82) is 0 Å². The van der Waals surface area contributed by atoms with Crippen molar-refractivity contribution in [3.8, 4) is 0 Å². The fourth-order valence-electron chi connectivity index (χ4n) is 0.620. The van der Waals surface area contributed by atoms with Crippen molar-refractivity contribution in [2.24, 2.45) is 5.92 Å². The third-order valence-corrected chi connectivity index (χ3v) is 1.29. The summed E-state index contributed by atoms with van der Waals surface area (Å²) in [5, 5.41) is 25.4. The molecular formula is C6H17NO3. The quantitative estimate of drug-likeness (QED) is 0.427. The number of hydrogen-bond donors (Lipinski definition) is 4. The Labute approximate surface area is 61.1 Å². The molecule has 0 saturated heterocycles. The summed E-state index contributed by atoms with van der Waals surface area (Å²) >= 11 is 0. The molecule has 0 aliphatic heterocycles. The summed E-state index contributed by atoms with van der Waals surface area (Å²) in [7, 11) is 0. The van der Waals surface area contributed by atoms with E-state index in [1.54, 1.807) is 0 Å². The predicted molar refractivity (Wildman–Crippen MR) is 39.0 cm³/mol. The van der Waals surface area contributed by atoms with Crippen LogP contribution in [0.2, 0.25) is 0 Å². The van der Waals surface area contributed by atoms with Crippen molar-refractivity contribution in [2.45, 2.75) is 12.8 Å². The highest BCUT2D eigenvalue weighted by Crippen LogP contribution is 2.02. The first kappa shape index (κ1) is 12.5. The summed E-state index contributed by atoms with van der Waals surface area (Å²) in [4.78, 5) is 0. The van der Waals surface area contributed by atoms with Gasteiger partial charge in [-0.2, -0.15) is 0 Å². The largest absolute Gasteiger partial charge is 0.396 e. The maximum atomic E-state index is 8.51. The molecule has 0 unspecified atom stereocenters. The van der Waals surface area contributed by atoms with Gasteiger partial charge in [-0.1, -0.05) is 0 Å². The molecule has 0 bridgehead atoms. The van der Waals surface area contributed by atoms with Crippen molar-refractivity contribution < 1.29 is 15.3 Å². The molecule has 0 aromatic heterocycles. The number of aliphatic hydroxyl groups excluding tert-OH is 3. The summed E-state index contributed by atoms with van der Waals surface area (Å²) in [5.41, 5.74) is 0. The normalized spacial score (nSPS) is 9.60. The van der Waals surface area contributed by atoms with Gasteiger partial charge in [0.15, 0.2) is 0 Å². The lowest BCUT2D eigenvalue weighted by atomic mass is 10.1. The van der Waals surface area contributed by atoms with E-state index in [0.29, 0.717) is 12.8 Å². The maximum Gasteiger partial charge on any atom is 0.0481 e. The molecule has 0 atom stereocenters. The molecule has 0 spiro atoms. The lowest BCUT2D eigenvalue weighted by molar-refractivity contribution is 0.136. The Kier molecular flexibility index (Phi) is 11.1. The fraction of sp³-hybridized carbons (Fsp3) is 1.00. The van der Waals surface area contributed by atoms with Crippen LogP contribution >= 0.6 is 0 Å². The van der Waals surface area contributed by atoms with E-state index in [0.717, 1.165) is 0 Å². The van der Waals surface area contributed by atoms with Crippen LogP contribution in [0.3, 0.4) is 0 Å². The van der Waals surface area contributed by atoms with E-state index in [4.69, 9.17) is 15.3 Å². The summed E-state index contributed by atoms with van der Waals surface area (Å²) in [6.45, 7) is 0.156. The highest BCUT2D eigenvalue weighted by molar-refractivity contribution is 4.53. The lowest BCUT2D eigenvalue weighted by Gasteiger charge is -2.07. The Bertz CT molecular complexity index is 57.0. The van der Waals surface area contributed by atoms with Crippen LogP contribution in [0.1, 0.15) is 12.8 Å². The zero-order valence-corrected chi connectivity index (χ0v) is 6.16. The molecule has 0 aromatic rings. The third-order valence-electron chi connectivity index (χ3n) is 1.29. The van der Waals surface area contributed by atoms with Gasteiger partial charge in [-0.3, -0.25) is 0 Å². The van der Waals surface area contributed by atoms with Crippen LogP contribution in [0.25, 0.3) is 0 Å². The molecule has 0 aliphatic carbocycles. The Morgan fingerprint density at radius 1 is 1.00 bits per heavy atom. The third kappa shape index (κ3) is 5.97. The average molecular weight is 151 g/mol. The summed E-state index contributed by atoms with van der Waals surface area (Å²) in [6.07, 6.45) is 1.36. The molecule has 0 rings (SSSR count). The van der Waals surface area contributed by atoms with E-state index in [-0.39, 0.29) is 31.9 Å². The van der Waals surface area contributed by atoms with Crippen LogP contribution in [0, 0.1) is 5.92 Å². The average Bonchev–Trinajstić information content (AvgIpc) is 1.91. The Hall–Kier alpha value is -0.160. The van der Waals surface area contributed by atoms with Crippen molar-refractivity contribution in [1.82, 2.24) is 6.15 Å². The summed E-state index contributed by atoms with van der Waals surface area (Å²) in [6, 6.07) is 0. The van der Waals surface area contributed by atoms with E-state index in [1.807, 2.05) is 0 Å². The van der Waals surface area contributed by atoms with Crippen molar-refractivity contribution >= 4 is 0 Å². The topological polar surface area (TPSA) is 95.7 Å². The highest BCUT2D eigenvalue weighted by atomic mass is 16.3. The SMILES string of the molecule is N.OCCCC(CO)CO. The molecule has 0 aliphatic rings. The summed E-state index contributed by atoms with van der Waals surface area (Å²) < 4.78 is 0. The lowest BCUT2D eigenvalue weighted by Crippen LogP contribution is -2.11. The molecule has 0 amide bonds. The van der Waals surface area contributed by atoms with Crippen LogP contribution in [0.4, 0.5) is 0 Å². The zero-order chi connectivity index (χ0) is 7.11. The van der Waals surface area contributed by atoms with E-state index in [2.05, 4.69) is 0 Å². The Morgan fingerprint density at radius 3 is 1.80 bits per heavy atom. The van der Waals surface area contributed by atoms with E-state index in [9.17, 15) is 0 Å². The minimum absolute atomic E-state index is 0. The zero-order valence-electron chi connectivity index (χ0n) is 6.16. The van der Waals surface area contributed by atoms with Gasteiger partial charge in [0.2, 0.25) is 0 Å². The van der Waals surface area contributed by atoms with Gasteiger partial charge in [-0.25, -0.2) is 0 Å². The van der Waals surface area contributed by atoms with E-state index >= 15 is 0 Å². The highest BCUT2D eigenvalue weighted by Gasteiger charge is 2.03. The number of hydrogen-bond acceptors (Lipinski definition) is 4. The van der Waals surface area contributed by atoms with Gasteiger partial charge in [0.05, 0.1) is 0 Å². The molecular weight excluding hydrogens is 134 g/mol. The van der Waals surface area contributed by atoms with E-state index < -0.39 is 0 Å². The molecule has 0 aromatic carbocycles. The number of aliphatic hydroxyl groups is 3. The Morgan fingerprint density at radius 2 is 1.50 bits per heavy atom. The molecule has 0 fully saturated rings. The van der Waals surface area contributed by atoms with Crippen molar-refractivity contribution in [2.75, 3.05) is 19.8 Å². The van der Waals surface area contributed by atoms with Crippen LogP contribution in [-0.4, -0.2) is 35.1 Å². The van der Waals surface area contributed by atoms with Crippen LogP contribution < -0.4 is 6.15 Å². The van der Waals surface area contributed by atoms with Crippen molar-refractivity contribution in [3.05, 3.63) is 0 Å². The number of rotatable bonds is 5. The van der Waals surface area contributed by atoms with Gasteiger partial charge in [0, 0.05) is 25.7 Å². The smallest absolute Gasteiger partial charge is 0.0481 e. The van der Waals surface area contributed by atoms with E-state index in [1.165, 1.54) is 0 Å². The minimum Gasteiger partial charge on any atom is -0.396 e. The molecule has 0 saturated carbocycles. The summed E-state index contributed by atoms with van der Waals surface area (Å²) in [5.74, 6) is -0.0443. The van der Waals surface area contributed by atoms with Gasteiger partial charge < -0.3 is 21.5 Å². The van der Waals surface area contributed by atoms with Gasteiger partial charge in [0.25, 0.3) is 0 Å². The van der Waals surface area contributed by atoms with Gasteiger partial charge >= 0.3 is 0 Å². The molecule has 4 heteroatoms. The second-order valence-electron chi connectivity index (χ2n) is 2.10.